The van der Waals surface area contributed by atoms with Gasteiger partial charge in [0.1, 0.15) is 5.75 Å². The fraction of sp³-hybridized carbons (Fsp3) is 0.250. The van der Waals surface area contributed by atoms with Gasteiger partial charge in [-0.05, 0) is 30.2 Å². The third kappa shape index (κ3) is 2.55. The Hall–Kier alpha value is -1.48. The summed E-state index contributed by atoms with van der Waals surface area (Å²) in [6.07, 6.45) is 3.58. The van der Waals surface area contributed by atoms with Crippen LogP contribution in [0.25, 0.3) is 0 Å². The maximum absolute atomic E-state index is 10.4. The highest BCUT2D eigenvalue weighted by atomic mass is 35.5. The van der Waals surface area contributed by atoms with E-state index in [-0.39, 0.29) is 5.92 Å². The minimum absolute atomic E-state index is 0.0991. The van der Waals surface area contributed by atoms with Gasteiger partial charge in [-0.3, -0.25) is 0 Å². The van der Waals surface area contributed by atoms with Crippen molar-refractivity contribution < 1.29 is 14.6 Å². The minimum Gasteiger partial charge on any atom is -0.493 e. The van der Waals surface area contributed by atoms with Crippen molar-refractivity contribution in [2.45, 2.75) is 6.42 Å². The van der Waals surface area contributed by atoms with Crippen molar-refractivity contribution in [1.82, 2.24) is 0 Å². The molecule has 0 amide bonds. The van der Waals surface area contributed by atoms with Gasteiger partial charge in [-0.15, -0.1) is 0 Å². The van der Waals surface area contributed by atoms with Crippen LogP contribution in [0.5, 0.6) is 5.75 Å². The van der Waals surface area contributed by atoms with Gasteiger partial charge in [-0.1, -0.05) is 17.7 Å². The molecule has 0 saturated carbocycles. The van der Waals surface area contributed by atoms with E-state index in [0.717, 1.165) is 23.8 Å². The quantitative estimate of drug-likeness (QED) is 0.806. The molecule has 0 bridgehead atoms. The molecule has 2 rings (SSSR count). The van der Waals surface area contributed by atoms with Gasteiger partial charge in [-0.2, -0.15) is 0 Å². The lowest BCUT2D eigenvalue weighted by atomic mass is 9.96. The van der Waals surface area contributed by atoms with Crippen LogP contribution < -0.4 is 4.74 Å². The molecule has 1 heterocycles. The van der Waals surface area contributed by atoms with E-state index in [9.17, 15) is 4.79 Å². The van der Waals surface area contributed by atoms with E-state index in [1.54, 1.807) is 12.1 Å². The van der Waals surface area contributed by atoms with Crippen molar-refractivity contribution in [3.8, 4) is 5.75 Å². The smallest absolute Gasteiger partial charge is 0.327 e. The first-order valence-corrected chi connectivity index (χ1v) is 5.35. The maximum Gasteiger partial charge on any atom is 0.327 e. The van der Waals surface area contributed by atoms with Gasteiger partial charge in [0.25, 0.3) is 0 Å². The number of aliphatic carboxylic acids is 1. The predicted molar refractivity (Wildman–Crippen MR) is 60.9 cm³/mol. The Balaban J connectivity index is 2.13. The Morgan fingerprint density at radius 2 is 2.38 bits per heavy atom. The first kappa shape index (κ1) is 11.0. The largest absolute Gasteiger partial charge is 0.493 e. The van der Waals surface area contributed by atoms with Gasteiger partial charge in [0.15, 0.2) is 0 Å². The molecule has 0 aliphatic carbocycles. The van der Waals surface area contributed by atoms with Gasteiger partial charge >= 0.3 is 5.97 Å². The average Bonchev–Trinajstić information content (AvgIpc) is 2.25. The summed E-state index contributed by atoms with van der Waals surface area (Å²) in [7, 11) is 0. The van der Waals surface area contributed by atoms with E-state index in [1.165, 1.54) is 0 Å². The molecule has 84 valence electrons. The van der Waals surface area contributed by atoms with Crippen LogP contribution >= 0.6 is 11.6 Å². The van der Waals surface area contributed by atoms with Crippen molar-refractivity contribution in [3.63, 3.8) is 0 Å². The number of carboxylic acid groups (broad SMARTS) is 1. The fourth-order valence-corrected chi connectivity index (χ4v) is 1.92. The summed E-state index contributed by atoms with van der Waals surface area (Å²) < 4.78 is 5.52. The van der Waals surface area contributed by atoms with Crippen molar-refractivity contribution >= 4 is 17.6 Å². The lowest BCUT2D eigenvalue weighted by molar-refractivity contribution is -0.131. The zero-order valence-corrected chi connectivity index (χ0v) is 9.28. The first-order valence-electron chi connectivity index (χ1n) is 4.97. The van der Waals surface area contributed by atoms with Gasteiger partial charge < -0.3 is 9.84 Å². The molecule has 3 nitrogen and oxygen atoms in total. The molecule has 1 aliphatic heterocycles. The van der Waals surface area contributed by atoms with E-state index in [4.69, 9.17) is 21.4 Å². The molecule has 0 radical (unpaired) electrons. The Bertz CT molecular complexity index is 440. The summed E-state index contributed by atoms with van der Waals surface area (Å²) in [5.74, 6) is 0.00309. The van der Waals surface area contributed by atoms with Crippen LogP contribution in [-0.4, -0.2) is 17.7 Å². The lowest BCUT2D eigenvalue weighted by Crippen LogP contribution is -2.19. The van der Waals surface area contributed by atoms with Crippen LogP contribution in [0.15, 0.2) is 30.4 Å². The number of rotatable bonds is 2. The molecule has 1 aliphatic rings. The third-order valence-electron chi connectivity index (χ3n) is 2.47. The molecule has 1 atom stereocenters. The SMILES string of the molecule is O=C(O)C=CC1COc2ccc(Cl)cc2C1. The number of carboxylic acids is 1. The van der Waals surface area contributed by atoms with Crippen LogP contribution in [0.1, 0.15) is 5.56 Å². The van der Waals surface area contributed by atoms with Gasteiger partial charge in [0.2, 0.25) is 0 Å². The molecular weight excluding hydrogens is 228 g/mol. The number of carbonyl (C=O) groups is 1. The third-order valence-corrected chi connectivity index (χ3v) is 2.70. The second-order valence-corrected chi connectivity index (χ2v) is 4.16. The van der Waals surface area contributed by atoms with Crippen LogP contribution in [0.4, 0.5) is 0 Å². The molecule has 0 aromatic heterocycles. The maximum atomic E-state index is 10.4. The average molecular weight is 239 g/mol. The van der Waals surface area contributed by atoms with E-state index in [0.29, 0.717) is 11.6 Å². The molecule has 4 heteroatoms. The van der Waals surface area contributed by atoms with E-state index < -0.39 is 5.97 Å². The molecule has 16 heavy (non-hydrogen) atoms. The standard InChI is InChI=1S/C12H11ClO3/c13-10-2-3-11-9(6-10)5-8(7-16-11)1-4-12(14)15/h1-4,6,8H,5,7H2,(H,14,15). The molecule has 1 aromatic carbocycles. The summed E-state index contributed by atoms with van der Waals surface area (Å²) in [6.45, 7) is 0.512. The highest BCUT2D eigenvalue weighted by molar-refractivity contribution is 6.30. The van der Waals surface area contributed by atoms with Gasteiger partial charge in [0.05, 0.1) is 6.61 Å². The Labute approximate surface area is 98.3 Å². The van der Waals surface area contributed by atoms with E-state index in [1.807, 2.05) is 12.1 Å². The monoisotopic (exact) mass is 238 g/mol. The van der Waals surface area contributed by atoms with Crippen LogP contribution in [0, 0.1) is 5.92 Å². The van der Waals surface area contributed by atoms with Gasteiger partial charge in [0, 0.05) is 17.0 Å². The molecule has 1 unspecified atom stereocenters. The Kier molecular flexibility index (Phi) is 3.15. The molecule has 1 aromatic rings. The van der Waals surface area contributed by atoms with E-state index in [2.05, 4.69) is 0 Å². The number of hydrogen-bond donors (Lipinski definition) is 1. The second kappa shape index (κ2) is 4.58. The molecule has 1 N–H and O–H groups in total. The first-order chi connectivity index (χ1) is 7.65. The Morgan fingerprint density at radius 1 is 1.56 bits per heavy atom. The van der Waals surface area contributed by atoms with Crippen molar-refractivity contribution in [1.29, 1.82) is 0 Å². The normalized spacial score (nSPS) is 19.2. The molecule has 0 fully saturated rings. The number of hydrogen-bond acceptors (Lipinski definition) is 2. The summed E-state index contributed by atoms with van der Waals surface area (Å²) in [4.78, 5) is 10.4. The van der Waals surface area contributed by atoms with Crippen LogP contribution in [-0.2, 0) is 11.2 Å². The summed E-state index contributed by atoms with van der Waals surface area (Å²) in [6, 6.07) is 5.49. The number of ether oxygens (including phenoxy) is 1. The van der Waals surface area contributed by atoms with E-state index >= 15 is 0 Å². The zero-order valence-electron chi connectivity index (χ0n) is 8.52. The predicted octanol–water partition coefficient (Wildman–Crippen LogP) is 2.53. The highest BCUT2D eigenvalue weighted by Crippen LogP contribution is 2.30. The van der Waals surface area contributed by atoms with Crippen molar-refractivity contribution in [2.75, 3.05) is 6.61 Å². The summed E-state index contributed by atoms with van der Waals surface area (Å²) in [5, 5.41) is 9.21. The summed E-state index contributed by atoms with van der Waals surface area (Å²) >= 11 is 5.88. The highest BCUT2D eigenvalue weighted by Gasteiger charge is 2.17. The Morgan fingerprint density at radius 3 is 3.12 bits per heavy atom. The lowest BCUT2D eigenvalue weighted by Gasteiger charge is -2.23. The van der Waals surface area contributed by atoms with Gasteiger partial charge in [-0.25, -0.2) is 4.79 Å². The molecular formula is C12H11ClO3. The number of fused-ring (bicyclic) bond motifs is 1. The van der Waals surface area contributed by atoms with Crippen LogP contribution in [0.3, 0.4) is 0 Å². The minimum atomic E-state index is -0.933. The topological polar surface area (TPSA) is 46.5 Å². The second-order valence-electron chi connectivity index (χ2n) is 3.72. The molecule has 0 spiro atoms. The summed E-state index contributed by atoms with van der Waals surface area (Å²) in [5.41, 5.74) is 1.03. The molecule has 0 saturated heterocycles. The van der Waals surface area contributed by atoms with Crippen molar-refractivity contribution in [3.05, 3.63) is 40.9 Å². The van der Waals surface area contributed by atoms with Crippen LogP contribution in [0.2, 0.25) is 5.02 Å². The van der Waals surface area contributed by atoms with Crippen molar-refractivity contribution in [2.24, 2.45) is 5.92 Å². The fourth-order valence-electron chi connectivity index (χ4n) is 1.73. The number of benzene rings is 1. The zero-order chi connectivity index (χ0) is 11.5. The number of halogens is 1.